The Labute approximate surface area is 336 Å². The minimum atomic E-state index is -0.0746. The molecule has 4 aliphatic rings. The SMILES string of the molecule is CC1(C)c2ccccc2-c2ccc(N(c3ccc(-c4ccccc4-n4c5ccccc5c5ccccc54)cc3)c3cccc(C45CCC6C[C@H](C[C@@H]6C4)C5)c3)cc21. The first-order valence-electron chi connectivity index (χ1n) is 21.3. The minimum absolute atomic E-state index is 0.0746. The van der Waals surface area contributed by atoms with Gasteiger partial charge in [-0.2, -0.15) is 0 Å². The summed E-state index contributed by atoms with van der Waals surface area (Å²) in [7, 11) is 0. The van der Waals surface area contributed by atoms with Gasteiger partial charge in [0.2, 0.25) is 0 Å². The smallest absolute Gasteiger partial charge is 0.0541 e. The third-order valence-electron chi connectivity index (χ3n) is 15.0. The van der Waals surface area contributed by atoms with Gasteiger partial charge in [-0.25, -0.2) is 0 Å². The van der Waals surface area contributed by atoms with Crippen LogP contribution in [0.2, 0.25) is 0 Å². The Bertz CT molecular complexity index is 2820. The van der Waals surface area contributed by atoms with Crippen LogP contribution in [0.25, 0.3) is 49.7 Å². The molecule has 4 aliphatic carbocycles. The van der Waals surface area contributed by atoms with E-state index in [0.29, 0.717) is 5.41 Å². The van der Waals surface area contributed by atoms with Crippen molar-refractivity contribution >= 4 is 38.9 Å². The first kappa shape index (κ1) is 33.3. The highest BCUT2D eigenvalue weighted by Crippen LogP contribution is 2.62. The van der Waals surface area contributed by atoms with Crippen LogP contribution >= 0.6 is 0 Å². The van der Waals surface area contributed by atoms with Crippen LogP contribution in [0.1, 0.15) is 69.1 Å². The van der Waals surface area contributed by atoms with Crippen LogP contribution in [-0.4, -0.2) is 4.57 Å². The van der Waals surface area contributed by atoms with Crippen LogP contribution in [0.5, 0.6) is 0 Å². The fourth-order valence-corrected chi connectivity index (χ4v) is 12.4. The molecule has 0 N–H and O–H groups in total. The highest BCUT2D eigenvalue weighted by Gasteiger charge is 2.52. The molecule has 3 saturated carbocycles. The number of benzene rings is 7. The van der Waals surface area contributed by atoms with Gasteiger partial charge >= 0.3 is 0 Å². The number of nitrogens with zero attached hydrogens (tertiary/aromatic N) is 2. The third-order valence-corrected chi connectivity index (χ3v) is 15.0. The lowest BCUT2D eigenvalue weighted by molar-refractivity contribution is 0.139. The zero-order chi connectivity index (χ0) is 37.9. The molecule has 278 valence electrons. The molecule has 57 heavy (non-hydrogen) atoms. The van der Waals surface area contributed by atoms with Gasteiger partial charge in [-0.15, -0.1) is 0 Å². The van der Waals surface area contributed by atoms with Crippen molar-refractivity contribution in [1.82, 2.24) is 4.57 Å². The minimum Gasteiger partial charge on any atom is -0.310 e. The molecule has 8 aromatic rings. The van der Waals surface area contributed by atoms with Gasteiger partial charge in [-0.3, -0.25) is 0 Å². The molecule has 4 atom stereocenters. The monoisotopic (exact) mass is 736 g/mol. The molecular weight excluding hydrogens is 689 g/mol. The van der Waals surface area contributed by atoms with E-state index >= 15 is 0 Å². The van der Waals surface area contributed by atoms with Crippen molar-refractivity contribution in [3.8, 4) is 27.9 Å². The Kier molecular flexibility index (Phi) is 7.20. The maximum atomic E-state index is 2.57. The predicted molar refractivity (Wildman–Crippen MR) is 238 cm³/mol. The summed E-state index contributed by atoms with van der Waals surface area (Å²) in [5.74, 6) is 2.81. The van der Waals surface area contributed by atoms with Crippen molar-refractivity contribution in [3.63, 3.8) is 0 Å². The molecule has 1 heterocycles. The zero-order valence-corrected chi connectivity index (χ0v) is 33.0. The van der Waals surface area contributed by atoms with Gasteiger partial charge in [0.1, 0.15) is 0 Å². The van der Waals surface area contributed by atoms with Crippen molar-refractivity contribution < 1.29 is 0 Å². The molecule has 2 heteroatoms. The van der Waals surface area contributed by atoms with Crippen molar-refractivity contribution in [3.05, 3.63) is 180 Å². The summed E-state index contributed by atoms with van der Waals surface area (Å²) in [5.41, 5.74) is 17.1. The molecule has 3 fully saturated rings. The summed E-state index contributed by atoms with van der Waals surface area (Å²) >= 11 is 0. The lowest BCUT2D eigenvalue weighted by atomic mass is 9.59. The lowest BCUT2D eigenvalue weighted by Crippen LogP contribution is -2.38. The standard InChI is InChI=1S/C55H48N2/c1-54(2)49-18-7-3-15-45(49)46-27-26-43(33-50(46)54)56(42-13-11-12-40(32-42)55-29-28-38-30-36(34-55)31-39(38)35-55)41-24-22-37(23-25-41)44-14-4-8-19-51(44)57-52-20-9-5-16-47(52)48-17-6-10-21-53(48)57/h3-27,32-33,36,38-39H,28-31,34-35H2,1-2H3/t36-,38?,39-,55?/m1/s1. The molecular formula is C55H48N2. The van der Waals surface area contributed by atoms with Gasteiger partial charge in [0.05, 0.1) is 16.7 Å². The van der Waals surface area contributed by atoms with Gasteiger partial charge in [-0.1, -0.05) is 123 Å². The zero-order valence-electron chi connectivity index (χ0n) is 33.0. The molecule has 0 saturated heterocycles. The summed E-state index contributed by atoms with van der Waals surface area (Å²) in [4.78, 5) is 2.53. The van der Waals surface area contributed by atoms with Crippen LogP contribution in [0.3, 0.4) is 0 Å². The molecule has 0 amide bonds. The summed E-state index contributed by atoms with van der Waals surface area (Å²) < 4.78 is 2.44. The van der Waals surface area contributed by atoms with E-state index in [0.717, 1.165) is 17.8 Å². The normalized spacial score (nSPS) is 22.5. The Morgan fingerprint density at radius 3 is 1.98 bits per heavy atom. The van der Waals surface area contributed by atoms with Crippen molar-refractivity contribution in [2.24, 2.45) is 17.8 Å². The second kappa shape index (κ2) is 12.3. The first-order chi connectivity index (χ1) is 27.9. The van der Waals surface area contributed by atoms with Gasteiger partial charge in [0, 0.05) is 38.8 Å². The maximum absolute atomic E-state index is 2.57. The number of anilines is 3. The van der Waals surface area contributed by atoms with Crippen LogP contribution < -0.4 is 4.90 Å². The molecule has 2 nitrogen and oxygen atoms in total. The summed E-state index contributed by atoms with van der Waals surface area (Å²) in [6, 6.07) is 61.8. The highest BCUT2D eigenvalue weighted by molar-refractivity contribution is 6.09. The number of hydrogen-bond acceptors (Lipinski definition) is 1. The van der Waals surface area contributed by atoms with E-state index in [1.165, 1.54) is 116 Å². The molecule has 1 aromatic heterocycles. The lowest BCUT2D eigenvalue weighted by Gasteiger charge is -2.46. The second-order valence-corrected chi connectivity index (χ2v) is 18.3. The Morgan fingerprint density at radius 2 is 1.18 bits per heavy atom. The van der Waals surface area contributed by atoms with Crippen LogP contribution in [0.15, 0.2) is 164 Å². The average molecular weight is 737 g/mol. The van der Waals surface area contributed by atoms with Gasteiger partial charge < -0.3 is 9.47 Å². The van der Waals surface area contributed by atoms with Gasteiger partial charge in [0.15, 0.2) is 0 Å². The largest absolute Gasteiger partial charge is 0.310 e. The number of rotatable bonds is 6. The summed E-state index contributed by atoms with van der Waals surface area (Å²) in [6.45, 7) is 4.78. The number of para-hydroxylation sites is 3. The Morgan fingerprint density at radius 1 is 0.526 bits per heavy atom. The van der Waals surface area contributed by atoms with Crippen LogP contribution in [0.4, 0.5) is 17.1 Å². The molecule has 0 aliphatic heterocycles. The average Bonchev–Trinajstić information content (AvgIpc) is 3.79. The van der Waals surface area contributed by atoms with Gasteiger partial charge in [0.25, 0.3) is 0 Å². The number of hydrogen-bond donors (Lipinski definition) is 0. The van der Waals surface area contributed by atoms with Crippen molar-refractivity contribution in [2.75, 3.05) is 4.90 Å². The molecule has 0 radical (unpaired) electrons. The Balaban J connectivity index is 0.991. The Hall–Kier alpha value is -5.86. The first-order valence-corrected chi connectivity index (χ1v) is 21.3. The quantitative estimate of drug-likeness (QED) is 0.165. The molecule has 3 bridgehead atoms. The van der Waals surface area contributed by atoms with Crippen LogP contribution in [0, 0.1) is 17.8 Å². The van der Waals surface area contributed by atoms with Crippen molar-refractivity contribution in [2.45, 2.75) is 63.2 Å². The van der Waals surface area contributed by atoms with E-state index in [1.54, 1.807) is 5.56 Å². The third kappa shape index (κ3) is 4.95. The topological polar surface area (TPSA) is 8.17 Å². The summed E-state index contributed by atoms with van der Waals surface area (Å²) in [5, 5.41) is 2.57. The highest BCUT2D eigenvalue weighted by atomic mass is 15.1. The maximum Gasteiger partial charge on any atom is 0.0541 e. The van der Waals surface area contributed by atoms with E-state index in [2.05, 4.69) is 187 Å². The van der Waals surface area contributed by atoms with Gasteiger partial charge in [-0.05, 0) is 150 Å². The molecule has 2 unspecified atom stereocenters. The van der Waals surface area contributed by atoms with Crippen LogP contribution in [-0.2, 0) is 10.8 Å². The molecule has 7 aromatic carbocycles. The number of aromatic nitrogens is 1. The molecule has 0 spiro atoms. The van der Waals surface area contributed by atoms with E-state index in [-0.39, 0.29) is 5.41 Å². The van der Waals surface area contributed by atoms with E-state index < -0.39 is 0 Å². The fraction of sp³-hybridized carbons (Fsp3) is 0.236. The van der Waals surface area contributed by atoms with E-state index in [4.69, 9.17) is 0 Å². The van der Waals surface area contributed by atoms with E-state index in [1.807, 2.05) is 0 Å². The second-order valence-electron chi connectivity index (χ2n) is 18.3. The molecule has 12 rings (SSSR count). The number of fused-ring (bicyclic) bond motifs is 8. The van der Waals surface area contributed by atoms with E-state index in [9.17, 15) is 0 Å². The van der Waals surface area contributed by atoms with Crippen molar-refractivity contribution in [1.29, 1.82) is 0 Å². The fourth-order valence-electron chi connectivity index (χ4n) is 12.4. The predicted octanol–water partition coefficient (Wildman–Crippen LogP) is 14.7. The summed E-state index contributed by atoms with van der Waals surface area (Å²) in [6.07, 6.45) is 8.44.